The van der Waals surface area contributed by atoms with E-state index in [0.717, 1.165) is 16.8 Å². The average molecular weight is 457 g/mol. The van der Waals surface area contributed by atoms with Crippen molar-refractivity contribution in [2.24, 2.45) is 10.3 Å². The van der Waals surface area contributed by atoms with Gasteiger partial charge in [-0.25, -0.2) is 0 Å². The van der Waals surface area contributed by atoms with E-state index >= 15 is 0 Å². The van der Waals surface area contributed by atoms with Gasteiger partial charge in [0.25, 0.3) is 0 Å². The van der Waals surface area contributed by atoms with Crippen LogP contribution in [0.25, 0.3) is 0 Å². The molecule has 0 saturated carbocycles. The molecule has 34 heavy (non-hydrogen) atoms. The highest BCUT2D eigenvalue weighted by molar-refractivity contribution is 5.47. The summed E-state index contributed by atoms with van der Waals surface area (Å²) in [5.41, 5.74) is 8.66. The maximum absolute atomic E-state index is 5.93. The molecule has 0 unspecified atom stereocenters. The van der Waals surface area contributed by atoms with Crippen molar-refractivity contribution in [2.45, 2.75) is 13.8 Å². The lowest BCUT2D eigenvalue weighted by Gasteiger charge is -2.08. The van der Waals surface area contributed by atoms with E-state index in [0.29, 0.717) is 28.7 Å². The number of ether oxygens (including phenoxy) is 2. The van der Waals surface area contributed by atoms with Crippen LogP contribution in [0.3, 0.4) is 0 Å². The largest absolute Gasteiger partial charge is 0.458 e. The van der Waals surface area contributed by atoms with Gasteiger partial charge in [-0.1, -0.05) is 30.5 Å². The number of nitrogens with zero attached hydrogens (tertiary/aromatic N) is 3. The van der Waals surface area contributed by atoms with E-state index in [1.54, 1.807) is 17.1 Å². The summed E-state index contributed by atoms with van der Waals surface area (Å²) in [4.78, 5) is 0. The van der Waals surface area contributed by atoms with Crippen molar-refractivity contribution in [1.29, 1.82) is 0 Å². The number of hydrogen-bond donors (Lipinski definition) is 1. The normalized spacial score (nSPS) is 12.5. The topological polar surface area (TPSA) is 72.4 Å². The summed E-state index contributed by atoms with van der Waals surface area (Å²) in [5, 5.41) is 9.72. The molecule has 0 amide bonds. The molecule has 0 bridgehead atoms. The molecule has 0 heterocycles. The molecule has 0 aliphatic carbocycles. The van der Waals surface area contributed by atoms with Gasteiger partial charge >= 0.3 is 0 Å². The van der Waals surface area contributed by atoms with Crippen molar-refractivity contribution in [3.63, 3.8) is 0 Å². The van der Waals surface area contributed by atoms with E-state index in [9.17, 15) is 0 Å². The van der Waals surface area contributed by atoms with Crippen molar-refractivity contribution in [2.75, 3.05) is 19.8 Å². The Hall–Kier alpha value is -4.32. The number of anilines is 1. The van der Waals surface area contributed by atoms with E-state index < -0.39 is 0 Å². The Morgan fingerprint density at radius 1 is 0.765 bits per heavy atom. The average Bonchev–Trinajstić information content (AvgIpc) is 2.84. The van der Waals surface area contributed by atoms with E-state index in [2.05, 4.69) is 23.5 Å². The molecular weight excluding hydrogens is 424 g/mol. The fourth-order valence-electron chi connectivity index (χ4n) is 2.49. The zero-order valence-corrected chi connectivity index (χ0v) is 20.2. The van der Waals surface area contributed by atoms with Crippen LogP contribution >= 0.6 is 0 Å². The minimum atomic E-state index is 0.682. The zero-order valence-electron chi connectivity index (χ0n) is 20.2. The van der Waals surface area contributed by atoms with Crippen LogP contribution in [0.5, 0.6) is 11.5 Å². The number of hydrogen-bond acceptors (Lipinski definition) is 5. The second kappa shape index (κ2) is 13.3. The smallest absolute Gasteiger partial charge is 0.127 e. The first-order valence-electron chi connectivity index (χ1n) is 10.8. The molecule has 2 aromatic carbocycles. The lowest BCUT2D eigenvalue weighted by molar-refractivity contribution is 0.408. The van der Waals surface area contributed by atoms with E-state index in [4.69, 9.17) is 15.2 Å². The number of nitrogen functional groups attached to an aromatic ring is 1. The third kappa shape index (κ3) is 9.04. The first kappa shape index (κ1) is 25.9. The van der Waals surface area contributed by atoms with Gasteiger partial charge in [0.2, 0.25) is 0 Å². The third-order valence-electron chi connectivity index (χ3n) is 4.41. The Balaban J connectivity index is 1.94. The van der Waals surface area contributed by atoms with E-state index in [1.807, 2.05) is 101 Å². The minimum absolute atomic E-state index is 0.682. The Labute approximate surface area is 202 Å². The fourth-order valence-corrected chi connectivity index (χ4v) is 2.49. The fraction of sp³-hybridized carbons (Fsp3) is 0.143. The van der Waals surface area contributed by atoms with Gasteiger partial charge in [0.15, 0.2) is 0 Å². The molecule has 2 N–H and O–H groups in total. The molecule has 0 fully saturated rings. The van der Waals surface area contributed by atoms with Crippen LogP contribution in [-0.4, -0.2) is 19.1 Å². The number of rotatable bonds is 11. The van der Waals surface area contributed by atoms with Gasteiger partial charge in [-0.15, -0.1) is 5.11 Å². The summed E-state index contributed by atoms with van der Waals surface area (Å²) in [6.45, 7) is 12.0. The number of benzene rings is 2. The molecule has 0 radical (unpaired) electrons. The SMILES string of the molecule is C=C(/C=C\C(=C/C)Oc1ccc(N)cc1)C(=C)/C=C\C(=C/C)Oc1ccc(N=NN(C)C)cc1. The van der Waals surface area contributed by atoms with Gasteiger partial charge in [0.1, 0.15) is 23.0 Å². The summed E-state index contributed by atoms with van der Waals surface area (Å²) in [7, 11) is 3.64. The molecule has 6 heteroatoms. The standard InChI is InChI=1S/C28H32N4O2/c1-7-25(33-27-17-11-23(29)12-18-27)15-9-21(3)22(4)10-16-26(8-2)34-28-19-13-24(14-20-28)30-31-32(5)6/h7-20H,3-4,29H2,1-2,5-6H3/b15-9-,16-10-,25-7+,26-8+,31-30?. The second-order valence-corrected chi connectivity index (χ2v) is 7.40. The first-order chi connectivity index (χ1) is 16.3. The molecule has 0 saturated heterocycles. The maximum Gasteiger partial charge on any atom is 0.127 e. The zero-order chi connectivity index (χ0) is 24.9. The first-order valence-corrected chi connectivity index (χ1v) is 10.8. The van der Waals surface area contributed by atoms with Gasteiger partial charge < -0.3 is 15.2 Å². The molecule has 176 valence electrons. The molecule has 0 aromatic heterocycles. The molecule has 0 atom stereocenters. The van der Waals surface area contributed by atoms with Crippen LogP contribution in [0.4, 0.5) is 11.4 Å². The van der Waals surface area contributed by atoms with Gasteiger partial charge in [0.05, 0.1) is 5.69 Å². The molecule has 2 rings (SSSR count). The summed E-state index contributed by atoms with van der Waals surface area (Å²) < 4.78 is 11.8. The van der Waals surface area contributed by atoms with Crippen molar-refractivity contribution in [3.05, 3.63) is 121 Å². The molecule has 0 spiro atoms. The Morgan fingerprint density at radius 3 is 1.62 bits per heavy atom. The second-order valence-electron chi connectivity index (χ2n) is 7.40. The van der Waals surface area contributed by atoms with Crippen molar-refractivity contribution in [3.8, 4) is 11.5 Å². The highest BCUT2D eigenvalue weighted by atomic mass is 16.5. The highest BCUT2D eigenvalue weighted by Crippen LogP contribution is 2.22. The van der Waals surface area contributed by atoms with E-state index in [1.165, 1.54) is 0 Å². The van der Waals surface area contributed by atoms with Gasteiger partial charge in [0, 0.05) is 19.8 Å². The third-order valence-corrected chi connectivity index (χ3v) is 4.41. The quantitative estimate of drug-likeness (QED) is 0.126. The van der Waals surface area contributed by atoms with Gasteiger partial charge in [-0.05, 0) is 97.8 Å². The summed E-state index contributed by atoms with van der Waals surface area (Å²) in [5.74, 6) is 2.78. The predicted molar refractivity (Wildman–Crippen MR) is 141 cm³/mol. The van der Waals surface area contributed by atoms with Crippen LogP contribution in [-0.2, 0) is 0 Å². The van der Waals surface area contributed by atoms with Gasteiger partial charge in [-0.3, -0.25) is 5.01 Å². The Morgan fingerprint density at radius 2 is 1.21 bits per heavy atom. The lowest BCUT2D eigenvalue weighted by Crippen LogP contribution is -1.98. The molecular formula is C28H32N4O2. The molecule has 0 aliphatic heterocycles. The maximum atomic E-state index is 5.93. The Bertz CT molecular complexity index is 1120. The predicted octanol–water partition coefficient (Wildman–Crippen LogP) is 7.32. The van der Waals surface area contributed by atoms with Crippen LogP contribution in [0, 0.1) is 0 Å². The minimum Gasteiger partial charge on any atom is -0.458 e. The molecule has 6 nitrogen and oxygen atoms in total. The van der Waals surface area contributed by atoms with E-state index in [-0.39, 0.29) is 0 Å². The summed E-state index contributed by atoms with van der Waals surface area (Å²) in [6, 6.07) is 14.6. The Kier molecular flexibility index (Phi) is 10.1. The molecule has 0 aliphatic rings. The van der Waals surface area contributed by atoms with Gasteiger partial charge in [-0.2, -0.15) is 0 Å². The number of allylic oxidation sites excluding steroid dienone is 8. The van der Waals surface area contributed by atoms with Crippen molar-refractivity contribution >= 4 is 11.4 Å². The van der Waals surface area contributed by atoms with Crippen LogP contribution < -0.4 is 15.2 Å². The molecule has 2 aromatic rings. The van der Waals surface area contributed by atoms with Crippen molar-refractivity contribution < 1.29 is 9.47 Å². The van der Waals surface area contributed by atoms with Crippen LogP contribution in [0.15, 0.2) is 131 Å². The summed E-state index contributed by atoms with van der Waals surface area (Å²) in [6.07, 6.45) is 11.2. The monoisotopic (exact) mass is 456 g/mol. The van der Waals surface area contributed by atoms with Crippen LogP contribution in [0.1, 0.15) is 13.8 Å². The summed E-state index contributed by atoms with van der Waals surface area (Å²) >= 11 is 0. The van der Waals surface area contributed by atoms with Crippen LogP contribution in [0.2, 0.25) is 0 Å². The lowest BCUT2D eigenvalue weighted by atomic mass is 10.1. The van der Waals surface area contributed by atoms with Crippen molar-refractivity contribution in [1.82, 2.24) is 5.01 Å². The highest BCUT2D eigenvalue weighted by Gasteiger charge is 2.01. The number of nitrogens with two attached hydrogens (primary N) is 1.